The van der Waals surface area contributed by atoms with Crippen molar-refractivity contribution in [2.75, 3.05) is 15.4 Å². The van der Waals surface area contributed by atoms with E-state index >= 15 is 0 Å². The van der Waals surface area contributed by atoms with Crippen molar-refractivity contribution in [3.8, 4) is 0 Å². The molecule has 2 amide bonds. The first kappa shape index (κ1) is 26.3. The Morgan fingerprint density at radius 3 is 1.91 bits per heavy atom. The zero-order valence-electron chi connectivity index (χ0n) is 19.1. The standard InChI is InChI=1S/C24H23Cl2N3O5S/c1-24(2,3)34-23(31)28-18-9-7-17(8-10-18)27-22(30)20-14-16(26)6-13-21(20)29-35(32,33)19-11-4-15(25)5-12-19/h4-14,29H,1-3H3,(H,27,30)(H,28,31). The van der Waals surface area contributed by atoms with Crippen LogP contribution in [-0.4, -0.2) is 26.0 Å². The molecule has 0 unspecified atom stereocenters. The number of sulfonamides is 1. The minimum absolute atomic E-state index is 0.0173. The second-order valence-electron chi connectivity index (χ2n) is 8.41. The van der Waals surface area contributed by atoms with Gasteiger partial charge in [0.25, 0.3) is 15.9 Å². The number of amides is 2. The van der Waals surface area contributed by atoms with Crippen molar-refractivity contribution in [3.63, 3.8) is 0 Å². The summed E-state index contributed by atoms with van der Waals surface area (Å²) in [5.41, 5.74) is 0.311. The molecule has 0 radical (unpaired) electrons. The van der Waals surface area contributed by atoms with E-state index in [-0.39, 0.29) is 21.2 Å². The summed E-state index contributed by atoms with van der Waals surface area (Å²) in [4.78, 5) is 24.8. The number of rotatable bonds is 6. The average Bonchev–Trinajstić information content (AvgIpc) is 2.75. The second kappa shape index (κ2) is 10.6. The number of ether oxygens (including phenoxy) is 1. The molecule has 0 spiro atoms. The molecule has 3 aromatic rings. The minimum atomic E-state index is -3.99. The number of benzene rings is 3. The van der Waals surface area contributed by atoms with E-state index in [1.165, 1.54) is 42.5 Å². The Morgan fingerprint density at radius 2 is 1.34 bits per heavy atom. The zero-order valence-corrected chi connectivity index (χ0v) is 21.4. The van der Waals surface area contributed by atoms with Gasteiger partial charge in [-0.05, 0) is 87.5 Å². The predicted molar refractivity (Wildman–Crippen MR) is 138 cm³/mol. The van der Waals surface area contributed by atoms with Crippen LogP contribution in [-0.2, 0) is 14.8 Å². The zero-order chi connectivity index (χ0) is 25.8. The van der Waals surface area contributed by atoms with Crippen LogP contribution in [0, 0.1) is 0 Å². The van der Waals surface area contributed by atoms with E-state index in [9.17, 15) is 18.0 Å². The first-order chi connectivity index (χ1) is 16.3. The molecule has 0 bridgehead atoms. The lowest BCUT2D eigenvalue weighted by atomic mass is 10.1. The number of halogens is 2. The van der Waals surface area contributed by atoms with Gasteiger partial charge in [-0.15, -0.1) is 0 Å². The van der Waals surface area contributed by atoms with E-state index in [0.29, 0.717) is 16.4 Å². The van der Waals surface area contributed by atoms with Gasteiger partial charge in [-0.1, -0.05) is 23.2 Å². The maximum absolute atomic E-state index is 13.0. The topological polar surface area (TPSA) is 114 Å². The summed E-state index contributed by atoms with van der Waals surface area (Å²) in [5.74, 6) is -0.589. The maximum Gasteiger partial charge on any atom is 0.412 e. The van der Waals surface area contributed by atoms with Crippen LogP contribution in [0.5, 0.6) is 0 Å². The first-order valence-corrected chi connectivity index (χ1v) is 12.6. The summed E-state index contributed by atoms with van der Waals surface area (Å²) in [5, 5.41) is 5.92. The van der Waals surface area contributed by atoms with Crippen molar-refractivity contribution in [2.45, 2.75) is 31.3 Å². The predicted octanol–water partition coefficient (Wildman–Crippen LogP) is 6.39. The smallest absolute Gasteiger partial charge is 0.412 e. The molecule has 11 heteroatoms. The molecule has 3 rings (SSSR count). The lowest BCUT2D eigenvalue weighted by molar-refractivity contribution is 0.0635. The Kier molecular flexibility index (Phi) is 7.94. The summed E-state index contributed by atoms with van der Waals surface area (Å²) in [7, 11) is -3.99. The molecule has 0 saturated carbocycles. The van der Waals surface area contributed by atoms with Crippen LogP contribution in [0.15, 0.2) is 71.6 Å². The number of nitrogens with one attached hydrogen (secondary N) is 3. The minimum Gasteiger partial charge on any atom is -0.444 e. The van der Waals surface area contributed by atoms with E-state index < -0.39 is 27.6 Å². The molecule has 0 aromatic heterocycles. The molecule has 8 nitrogen and oxygen atoms in total. The van der Waals surface area contributed by atoms with Gasteiger partial charge in [0.15, 0.2) is 0 Å². The highest BCUT2D eigenvalue weighted by molar-refractivity contribution is 7.92. The number of hydrogen-bond acceptors (Lipinski definition) is 5. The normalized spacial score (nSPS) is 11.5. The summed E-state index contributed by atoms with van der Waals surface area (Å²) in [6, 6.07) is 16.2. The van der Waals surface area contributed by atoms with Gasteiger partial charge >= 0.3 is 6.09 Å². The number of anilines is 3. The van der Waals surface area contributed by atoms with Gasteiger partial charge in [0.1, 0.15) is 5.60 Å². The summed E-state index contributed by atoms with van der Waals surface area (Å²) >= 11 is 11.9. The average molecular weight is 536 g/mol. The van der Waals surface area contributed by atoms with Crippen molar-refractivity contribution in [2.24, 2.45) is 0 Å². The van der Waals surface area contributed by atoms with E-state index in [4.69, 9.17) is 27.9 Å². The summed E-state index contributed by atoms with van der Waals surface area (Å²) in [6.07, 6.45) is -0.606. The van der Waals surface area contributed by atoms with Crippen LogP contribution in [0.3, 0.4) is 0 Å². The molecule has 0 aliphatic heterocycles. The van der Waals surface area contributed by atoms with Crippen LogP contribution in [0.25, 0.3) is 0 Å². The van der Waals surface area contributed by atoms with E-state index in [2.05, 4.69) is 15.4 Å². The van der Waals surface area contributed by atoms with Gasteiger partial charge in [0.2, 0.25) is 0 Å². The Morgan fingerprint density at radius 1 is 0.800 bits per heavy atom. The fraction of sp³-hybridized carbons (Fsp3) is 0.167. The largest absolute Gasteiger partial charge is 0.444 e. The fourth-order valence-electron chi connectivity index (χ4n) is 2.87. The van der Waals surface area contributed by atoms with Crippen molar-refractivity contribution in [3.05, 3.63) is 82.3 Å². The monoisotopic (exact) mass is 535 g/mol. The quantitative estimate of drug-likeness (QED) is 0.338. The highest BCUT2D eigenvalue weighted by atomic mass is 35.5. The second-order valence-corrected chi connectivity index (χ2v) is 11.0. The molecular formula is C24H23Cl2N3O5S. The summed E-state index contributed by atoms with van der Waals surface area (Å²) < 4.78 is 33.2. The van der Waals surface area contributed by atoms with E-state index in [1.54, 1.807) is 45.0 Å². The molecule has 3 N–H and O–H groups in total. The van der Waals surface area contributed by atoms with Crippen LogP contribution in [0.2, 0.25) is 10.0 Å². The van der Waals surface area contributed by atoms with Gasteiger partial charge in [-0.25, -0.2) is 13.2 Å². The molecule has 0 atom stereocenters. The molecule has 0 fully saturated rings. The third-order valence-corrected chi connectivity index (χ3v) is 6.25. The SMILES string of the molecule is CC(C)(C)OC(=O)Nc1ccc(NC(=O)c2cc(Cl)ccc2NS(=O)(=O)c2ccc(Cl)cc2)cc1. The molecule has 0 saturated heterocycles. The van der Waals surface area contributed by atoms with Crippen LogP contribution < -0.4 is 15.4 Å². The number of hydrogen-bond donors (Lipinski definition) is 3. The van der Waals surface area contributed by atoms with Gasteiger partial charge < -0.3 is 10.1 Å². The molecule has 3 aromatic carbocycles. The Hall–Kier alpha value is -3.27. The fourth-order valence-corrected chi connectivity index (χ4v) is 4.25. The Balaban J connectivity index is 1.76. The van der Waals surface area contributed by atoms with Gasteiger partial charge in [0.05, 0.1) is 16.1 Å². The van der Waals surface area contributed by atoms with Crippen molar-refractivity contribution < 1.29 is 22.7 Å². The van der Waals surface area contributed by atoms with Crippen molar-refractivity contribution in [1.29, 1.82) is 0 Å². The molecular weight excluding hydrogens is 513 g/mol. The third-order valence-electron chi connectivity index (χ3n) is 4.38. The van der Waals surface area contributed by atoms with Gasteiger partial charge in [-0.2, -0.15) is 0 Å². The molecule has 0 aliphatic rings. The van der Waals surface area contributed by atoms with E-state index in [1.807, 2.05) is 0 Å². The Bertz CT molecular complexity index is 1340. The van der Waals surface area contributed by atoms with Crippen molar-refractivity contribution >= 4 is 62.3 Å². The highest BCUT2D eigenvalue weighted by Crippen LogP contribution is 2.26. The molecule has 184 valence electrons. The molecule has 0 aliphatic carbocycles. The Labute approximate surface area is 213 Å². The van der Waals surface area contributed by atoms with Crippen molar-refractivity contribution in [1.82, 2.24) is 0 Å². The third kappa shape index (κ3) is 7.61. The maximum atomic E-state index is 13.0. The highest BCUT2D eigenvalue weighted by Gasteiger charge is 2.20. The number of carbonyl (C=O) groups excluding carboxylic acids is 2. The van der Waals surface area contributed by atoms with Crippen LogP contribution in [0.4, 0.5) is 21.9 Å². The van der Waals surface area contributed by atoms with E-state index in [0.717, 1.165) is 0 Å². The molecule has 35 heavy (non-hydrogen) atoms. The first-order valence-electron chi connectivity index (χ1n) is 10.3. The lowest BCUT2D eigenvalue weighted by Gasteiger charge is -2.19. The molecule has 0 heterocycles. The number of carbonyl (C=O) groups is 2. The summed E-state index contributed by atoms with van der Waals surface area (Å²) in [6.45, 7) is 5.26. The van der Waals surface area contributed by atoms with Gasteiger partial charge in [-0.3, -0.25) is 14.8 Å². The van der Waals surface area contributed by atoms with Crippen LogP contribution >= 0.6 is 23.2 Å². The van der Waals surface area contributed by atoms with Crippen LogP contribution in [0.1, 0.15) is 31.1 Å². The lowest BCUT2D eigenvalue weighted by Crippen LogP contribution is -2.27. The van der Waals surface area contributed by atoms with Gasteiger partial charge in [0, 0.05) is 21.4 Å².